The number of carbonyl (C=O) groups is 2. The third kappa shape index (κ3) is 5.38. The van der Waals surface area contributed by atoms with Crippen molar-refractivity contribution in [2.24, 2.45) is 5.92 Å². The molecule has 126 valence electrons. The average molecular weight is 392 g/mol. The van der Waals surface area contributed by atoms with Crippen LogP contribution < -0.4 is 10.1 Å². The van der Waals surface area contributed by atoms with Crippen molar-refractivity contribution in [3.8, 4) is 5.75 Å². The van der Waals surface area contributed by atoms with Crippen molar-refractivity contribution in [3.63, 3.8) is 0 Å². The molecule has 0 aliphatic rings. The van der Waals surface area contributed by atoms with Crippen LogP contribution in [0.4, 0.5) is 5.69 Å². The molecule has 0 aromatic heterocycles. The fraction of sp³-hybridized carbons (Fsp3) is 0.222. The Morgan fingerprint density at radius 3 is 2.29 bits per heavy atom. The Kier molecular flexibility index (Phi) is 6.37. The fourth-order valence-corrected chi connectivity index (χ4v) is 2.56. The molecule has 6 heteroatoms. The molecule has 1 amide bonds. The van der Waals surface area contributed by atoms with Gasteiger partial charge in [0.2, 0.25) is 5.91 Å². The molecule has 1 atom stereocenters. The van der Waals surface area contributed by atoms with E-state index in [0.29, 0.717) is 17.9 Å². The summed E-state index contributed by atoms with van der Waals surface area (Å²) in [5.41, 5.74) is 1.52. The van der Waals surface area contributed by atoms with E-state index < -0.39 is 11.9 Å². The molecule has 2 aromatic rings. The number of aliphatic carboxylic acids is 1. The lowest BCUT2D eigenvalue weighted by Gasteiger charge is -2.15. The second kappa shape index (κ2) is 8.49. The first-order valence-corrected chi connectivity index (χ1v) is 8.18. The molecule has 2 rings (SSSR count). The number of halogens is 1. The number of hydrogen-bond donors (Lipinski definition) is 2. The van der Waals surface area contributed by atoms with Crippen LogP contribution in [0.15, 0.2) is 53.0 Å². The topological polar surface area (TPSA) is 75.6 Å². The molecule has 0 saturated carbocycles. The predicted molar refractivity (Wildman–Crippen MR) is 95.2 cm³/mol. The molecule has 0 unspecified atom stereocenters. The second-order valence-electron chi connectivity index (χ2n) is 5.34. The highest BCUT2D eigenvalue weighted by Crippen LogP contribution is 2.20. The van der Waals surface area contributed by atoms with Crippen LogP contribution in [0.1, 0.15) is 12.0 Å². The molecular formula is C18H18BrNO4. The van der Waals surface area contributed by atoms with E-state index in [9.17, 15) is 9.59 Å². The van der Waals surface area contributed by atoms with Gasteiger partial charge >= 0.3 is 5.97 Å². The summed E-state index contributed by atoms with van der Waals surface area (Å²) < 4.78 is 6.00. The van der Waals surface area contributed by atoms with E-state index in [-0.39, 0.29) is 12.3 Å². The largest absolute Gasteiger partial charge is 0.497 e. The van der Waals surface area contributed by atoms with E-state index in [2.05, 4.69) is 21.2 Å². The van der Waals surface area contributed by atoms with Crippen LogP contribution in [0.25, 0.3) is 0 Å². The van der Waals surface area contributed by atoms with Gasteiger partial charge in [0.1, 0.15) is 5.75 Å². The summed E-state index contributed by atoms with van der Waals surface area (Å²) in [6.45, 7) is 0. The fourth-order valence-electron chi connectivity index (χ4n) is 2.29. The molecule has 0 aliphatic carbocycles. The van der Waals surface area contributed by atoms with Gasteiger partial charge in [0.15, 0.2) is 0 Å². The van der Waals surface area contributed by atoms with Crippen molar-refractivity contribution in [1.82, 2.24) is 0 Å². The standard InChI is InChI=1S/C18H18BrNO4/c1-24-16-8-6-15(7-9-16)20-18(23)13(11-17(21)22)10-12-2-4-14(19)5-3-12/h2-9,13H,10-11H2,1H3,(H,20,23)(H,21,22)/t13-/m0/s1. The van der Waals surface area contributed by atoms with Crippen molar-refractivity contribution < 1.29 is 19.4 Å². The Hall–Kier alpha value is -2.34. The van der Waals surface area contributed by atoms with E-state index >= 15 is 0 Å². The maximum atomic E-state index is 12.5. The van der Waals surface area contributed by atoms with E-state index in [1.807, 2.05) is 24.3 Å². The summed E-state index contributed by atoms with van der Waals surface area (Å²) >= 11 is 3.35. The first-order valence-electron chi connectivity index (χ1n) is 7.39. The van der Waals surface area contributed by atoms with Crippen LogP contribution in [0.2, 0.25) is 0 Å². The van der Waals surface area contributed by atoms with E-state index in [4.69, 9.17) is 9.84 Å². The molecule has 0 radical (unpaired) electrons. The smallest absolute Gasteiger partial charge is 0.304 e. The van der Waals surface area contributed by atoms with Crippen LogP contribution in [0.3, 0.4) is 0 Å². The number of anilines is 1. The van der Waals surface area contributed by atoms with Crippen LogP contribution >= 0.6 is 15.9 Å². The quantitative estimate of drug-likeness (QED) is 0.753. The van der Waals surface area contributed by atoms with Gasteiger partial charge in [-0.05, 0) is 48.4 Å². The molecule has 2 N–H and O–H groups in total. The highest BCUT2D eigenvalue weighted by molar-refractivity contribution is 9.10. The molecule has 5 nitrogen and oxygen atoms in total. The summed E-state index contributed by atoms with van der Waals surface area (Å²) in [4.78, 5) is 23.5. The number of amides is 1. The van der Waals surface area contributed by atoms with Gasteiger partial charge in [-0.25, -0.2) is 0 Å². The highest BCUT2D eigenvalue weighted by Gasteiger charge is 2.22. The van der Waals surface area contributed by atoms with Crippen molar-refractivity contribution >= 4 is 33.5 Å². The number of methoxy groups -OCH3 is 1. The molecule has 2 aromatic carbocycles. The van der Waals surface area contributed by atoms with Gasteiger partial charge < -0.3 is 15.2 Å². The van der Waals surface area contributed by atoms with E-state index in [1.54, 1.807) is 31.4 Å². The zero-order valence-electron chi connectivity index (χ0n) is 13.2. The van der Waals surface area contributed by atoms with Crippen molar-refractivity contribution in [2.45, 2.75) is 12.8 Å². The van der Waals surface area contributed by atoms with Crippen LogP contribution in [-0.2, 0) is 16.0 Å². The van der Waals surface area contributed by atoms with Gasteiger partial charge in [0, 0.05) is 10.2 Å². The number of carbonyl (C=O) groups excluding carboxylic acids is 1. The van der Waals surface area contributed by atoms with Crippen LogP contribution in [0.5, 0.6) is 5.75 Å². The van der Waals surface area contributed by atoms with E-state index in [0.717, 1.165) is 10.0 Å². The lowest BCUT2D eigenvalue weighted by atomic mass is 9.95. The van der Waals surface area contributed by atoms with Gasteiger partial charge in [-0.15, -0.1) is 0 Å². The average Bonchev–Trinajstić information content (AvgIpc) is 2.56. The Morgan fingerprint density at radius 1 is 1.12 bits per heavy atom. The maximum Gasteiger partial charge on any atom is 0.304 e. The molecule has 0 spiro atoms. The van der Waals surface area contributed by atoms with Crippen molar-refractivity contribution in [2.75, 3.05) is 12.4 Å². The Bertz CT molecular complexity index is 698. The maximum absolute atomic E-state index is 12.5. The van der Waals surface area contributed by atoms with Crippen LogP contribution in [-0.4, -0.2) is 24.1 Å². The lowest BCUT2D eigenvalue weighted by molar-refractivity contribution is -0.140. The van der Waals surface area contributed by atoms with Gasteiger partial charge in [-0.2, -0.15) is 0 Å². The minimum atomic E-state index is -0.998. The molecule has 0 bridgehead atoms. The molecule has 0 saturated heterocycles. The van der Waals surface area contributed by atoms with Gasteiger partial charge in [-0.3, -0.25) is 9.59 Å². The normalized spacial score (nSPS) is 11.6. The molecule has 0 fully saturated rings. The Labute approximate surface area is 148 Å². The van der Waals surface area contributed by atoms with Crippen LogP contribution in [0, 0.1) is 5.92 Å². The number of nitrogens with one attached hydrogen (secondary N) is 1. The lowest BCUT2D eigenvalue weighted by Crippen LogP contribution is -2.27. The van der Waals surface area contributed by atoms with Gasteiger partial charge in [0.25, 0.3) is 0 Å². The minimum Gasteiger partial charge on any atom is -0.497 e. The number of rotatable bonds is 7. The number of benzene rings is 2. The summed E-state index contributed by atoms with van der Waals surface area (Å²) in [6, 6.07) is 14.4. The van der Waals surface area contributed by atoms with E-state index in [1.165, 1.54) is 0 Å². The van der Waals surface area contributed by atoms with Gasteiger partial charge in [0.05, 0.1) is 19.4 Å². The number of hydrogen-bond acceptors (Lipinski definition) is 3. The molecule has 24 heavy (non-hydrogen) atoms. The second-order valence-corrected chi connectivity index (χ2v) is 6.26. The number of carboxylic acid groups (broad SMARTS) is 1. The summed E-state index contributed by atoms with van der Waals surface area (Å²) in [5.74, 6) is -1.27. The first kappa shape index (κ1) is 18.0. The Morgan fingerprint density at radius 2 is 1.75 bits per heavy atom. The van der Waals surface area contributed by atoms with Crippen molar-refractivity contribution in [3.05, 3.63) is 58.6 Å². The summed E-state index contributed by atoms with van der Waals surface area (Å²) in [7, 11) is 1.56. The number of carboxylic acids is 1. The molecular weight excluding hydrogens is 374 g/mol. The minimum absolute atomic E-state index is 0.224. The summed E-state index contributed by atoms with van der Waals surface area (Å²) in [5, 5.41) is 11.8. The SMILES string of the molecule is COc1ccc(NC(=O)[C@H](CC(=O)O)Cc2ccc(Br)cc2)cc1. The predicted octanol–water partition coefficient (Wildman–Crippen LogP) is 3.73. The Balaban J connectivity index is 2.08. The zero-order valence-corrected chi connectivity index (χ0v) is 14.7. The highest BCUT2D eigenvalue weighted by atomic mass is 79.9. The monoisotopic (exact) mass is 391 g/mol. The third-order valence-electron chi connectivity index (χ3n) is 3.54. The van der Waals surface area contributed by atoms with Crippen molar-refractivity contribution in [1.29, 1.82) is 0 Å². The number of ether oxygens (including phenoxy) is 1. The summed E-state index contributed by atoms with van der Waals surface area (Å²) in [6.07, 6.45) is 0.139. The molecule has 0 heterocycles. The molecule has 0 aliphatic heterocycles. The first-order chi connectivity index (χ1) is 11.5. The van der Waals surface area contributed by atoms with Gasteiger partial charge in [-0.1, -0.05) is 28.1 Å². The zero-order chi connectivity index (χ0) is 17.5. The third-order valence-corrected chi connectivity index (χ3v) is 4.07.